The number of hydrogen-bond donors (Lipinski definition) is 2. The number of hydrogen-bond acceptors (Lipinski definition) is 6. The molecule has 2 amide bonds. The molecule has 0 saturated heterocycles. The summed E-state index contributed by atoms with van der Waals surface area (Å²) >= 11 is 15.1. The summed E-state index contributed by atoms with van der Waals surface area (Å²) in [7, 11) is 0. The van der Waals surface area contributed by atoms with E-state index in [1.165, 1.54) is 30.5 Å². The molecule has 0 aliphatic carbocycles. The Morgan fingerprint density at radius 1 is 1.09 bits per heavy atom. The summed E-state index contributed by atoms with van der Waals surface area (Å²) in [6.07, 6.45) is 1.39. The molecule has 0 fully saturated rings. The number of benzene rings is 3. The normalized spacial score (nSPS) is 10.7. The zero-order chi connectivity index (χ0) is 24.7. The molecule has 3 aromatic carbocycles. The van der Waals surface area contributed by atoms with E-state index in [1.54, 1.807) is 30.3 Å². The van der Waals surface area contributed by atoms with Gasteiger partial charge >= 0.3 is 0 Å². The number of hydrazone groups is 1. The number of ether oxygens (including phenoxy) is 1. The van der Waals surface area contributed by atoms with Crippen LogP contribution in [0.3, 0.4) is 0 Å². The van der Waals surface area contributed by atoms with Crippen LogP contribution in [0.25, 0.3) is 0 Å². The maximum atomic E-state index is 12.1. The smallest absolute Gasteiger partial charge is 0.271 e. The number of nitrogens with zero attached hydrogens (tertiary/aromatic N) is 2. The van der Waals surface area contributed by atoms with Gasteiger partial charge in [0.1, 0.15) is 5.75 Å². The summed E-state index contributed by atoms with van der Waals surface area (Å²) in [5, 5.41) is 18.0. The first-order valence-electron chi connectivity index (χ1n) is 9.48. The Hall–Kier alpha value is -3.47. The van der Waals surface area contributed by atoms with Crippen molar-refractivity contribution < 1.29 is 19.2 Å². The molecule has 12 heteroatoms. The van der Waals surface area contributed by atoms with E-state index >= 15 is 0 Å². The van der Waals surface area contributed by atoms with Gasteiger partial charge in [-0.25, -0.2) is 5.43 Å². The SMILES string of the molecule is O=C(COc1ccc(/C=N/NC(=O)c2cccc([N+](=O)[O-])c2)cc1Br)Nc1ccc(Cl)c(Cl)c1. The van der Waals surface area contributed by atoms with Crippen molar-refractivity contribution in [3.8, 4) is 5.75 Å². The molecule has 0 aromatic heterocycles. The summed E-state index contributed by atoms with van der Waals surface area (Å²) in [4.78, 5) is 34.5. The van der Waals surface area contributed by atoms with E-state index in [1.807, 2.05) is 0 Å². The van der Waals surface area contributed by atoms with Crippen molar-refractivity contribution in [3.05, 3.63) is 96.4 Å². The molecule has 3 aromatic rings. The van der Waals surface area contributed by atoms with Crippen molar-refractivity contribution in [2.45, 2.75) is 0 Å². The zero-order valence-corrected chi connectivity index (χ0v) is 20.2. The number of nitro groups is 1. The second kappa shape index (κ2) is 11.6. The van der Waals surface area contributed by atoms with E-state index in [4.69, 9.17) is 27.9 Å². The Morgan fingerprint density at radius 3 is 2.59 bits per heavy atom. The van der Waals surface area contributed by atoms with E-state index in [0.717, 1.165) is 6.07 Å². The molecular weight excluding hydrogens is 551 g/mol. The molecule has 2 N–H and O–H groups in total. The van der Waals surface area contributed by atoms with Gasteiger partial charge in [0.05, 0.1) is 25.7 Å². The summed E-state index contributed by atoms with van der Waals surface area (Å²) < 4.78 is 6.08. The third kappa shape index (κ3) is 7.01. The van der Waals surface area contributed by atoms with Crippen LogP contribution < -0.4 is 15.5 Å². The minimum atomic E-state index is -0.591. The van der Waals surface area contributed by atoms with E-state index in [-0.39, 0.29) is 23.8 Å². The van der Waals surface area contributed by atoms with Crippen molar-refractivity contribution in [2.75, 3.05) is 11.9 Å². The van der Waals surface area contributed by atoms with Gasteiger partial charge in [0.2, 0.25) is 0 Å². The van der Waals surface area contributed by atoms with E-state index in [0.29, 0.717) is 31.5 Å². The number of halogens is 3. The summed E-state index contributed by atoms with van der Waals surface area (Å²) in [5.41, 5.74) is 3.33. The number of carbonyl (C=O) groups is 2. The van der Waals surface area contributed by atoms with E-state index < -0.39 is 10.8 Å². The molecule has 9 nitrogen and oxygen atoms in total. The molecule has 3 rings (SSSR count). The third-order valence-corrected chi connectivity index (χ3v) is 5.58. The van der Waals surface area contributed by atoms with Crippen LogP contribution in [-0.2, 0) is 4.79 Å². The molecule has 0 bridgehead atoms. The van der Waals surface area contributed by atoms with Gasteiger partial charge in [-0.2, -0.15) is 5.10 Å². The predicted octanol–water partition coefficient (Wildman–Crippen LogP) is 5.45. The molecule has 0 heterocycles. The van der Waals surface area contributed by atoms with Crippen molar-refractivity contribution in [3.63, 3.8) is 0 Å². The van der Waals surface area contributed by atoms with Crippen LogP contribution in [-0.4, -0.2) is 29.6 Å². The van der Waals surface area contributed by atoms with Crippen molar-refractivity contribution >= 4 is 68.5 Å². The summed E-state index contributed by atoms with van der Waals surface area (Å²) in [6.45, 7) is -0.244. The lowest BCUT2D eigenvalue weighted by Gasteiger charge is -2.10. The second-order valence-corrected chi connectivity index (χ2v) is 8.33. The largest absolute Gasteiger partial charge is 0.483 e. The van der Waals surface area contributed by atoms with Crippen LogP contribution in [0.2, 0.25) is 10.0 Å². The summed E-state index contributed by atoms with van der Waals surface area (Å²) in [5.74, 6) is -0.561. The molecule has 0 atom stereocenters. The molecule has 0 radical (unpaired) electrons. The van der Waals surface area contributed by atoms with Crippen molar-refractivity contribution in [2.24, 2.45) is 5.10 Å². The zero-order valence-electron chi connectivity index (χ0n) is 17.1. The number of nitro benzene ring substituents is 1. The third-order valence-electron chi connectivity index (χ3n) is 4.22. The van der Waals surface area contributed by atoms with Gasteiger partial charge in [0.25, 0.3) is 17.5 Å². The number of anilines is 1. The van der Waals surface area contributed by atoms with Gasteiger partial charge in [0, 0.05) is 23.4 Å². The molecule has 0 spiro atoms. The lowest BCUT2D eigenvalue weighted by atomic mass is 10.2. The molecule has 0 saturated carbocycles. The van der Waals surface area contributed by atoms with Gasteiger partial charge in [0.15, 0.2) is 6.61 Å². The maximum Gasteiger partial charge on any atom is 0.271 e. The van der Waals surface area contributed by atoms with Gasteiger partial charge in [-0.1, -0.05) is 29.3 Å². The first kappa shape index (κ1) is 25.2. The standard InChI is InChI=1S/C22H15BrCl2N4O5/c23-17-8-13(11-26-28-22(31)14-2-1-3-16(9-14)29(32)33)4-7-20(17)34-12-21(30)27-15-5-6-18(24)19(25)10-15/h1-11H,12H2,(H,27,30)(H,28,31)/b26-11+. The Bertz CT molecular complexity index is 1290. The average molecular weight is 566 g/mol. The highest BCUT2D eigenvalue weighted by molar-refractivity contribution is 9.10. The highest BCUT2D eigenvalue weighted by atomic mass is 79.9. The Morgan fingerprint density at radius 2 is 1.88 bits per heavy atom. The van der Waals surface area contributed by atoms with Gasteiger partial charge < -0.3 is 10.1 Å². The predicted molar refractivity (Wildman–Crippen MR) is 133 cm³/mol. The maximum absolute atomic E-state index is 12.1. The number of carbonyl (C=O) groups excluding carboxylic acids is 2. The highest BCUT2D eigenvalue weighted by Crippen LogP contribution is 2.26. The van der Waals surface area contributed by atoms with Crippen molar-refractivity contribution in [1.29, 1.82) is 0 Å². The first-order chi connectivity index (χ1) is 16.2. The fourth-order valence-corrected chi connectivity index (χ4v) is 3.43. The van der Waals surface area contributed by atoms with Gasteiger partial charge in [-0.05, 0) is 64.0 Å². The monoisotopic (exact) mass is 564 g/mol. The quantitative estimate of drug-likeness (QED) is 0.214. The van der Waals surface area contributed by atoms with Gasteiger partial charge in [-0.3, -0.25) is 19.7 Å². The molecule has 0 aliphatic rings. The Balaban J connectivity index is 1.54. The topological polar surface area (TPSA) is 123 Å². The van der Waals surface area contributed by atoms with Crippen LogP contribution in [0, 0.1) is 10.1 Å². The first-order valence-corrected chi connectivity index (χ1v) is 11.0. The highest BCUT2D eigenvalue weighted by Gasteiger charge is 2.11. The molecular formula is C22H15BrCl2N4O5. The Kier molecular flexibility index (Phi) is 8.58. The number of non-ortho nitro benzene ring substituents is 1. The lowest BCUT2D eigenvalue weighted by Crippen LogP contribution is -2.20. The second-order valence-electron chi connectivity index (χ2n) is 6.66. The van der Waals surface area contributed by atoms with Crippen LogP contribution in [0.15, 0.2) is 70.2 Å². The average Bonchev–Trinajstić information content (AvgIpc) is 2.81. The molecule has 0 aliphatic heterocycles. The van der Waals surface area contributed by atoms with Crippen LogP contribution in [0.4, 0.5) is 11.4 Å². The number of rotatable bonds is 8. The minimum absolute atomic E-state index is 0.107. The number of nitrogens with one attached hydrogen (secondary N) is 2. The fraction of sp³-hybridized carbons (Fsp3) is 0.0455. The Labute approximate surface area is 212 Å². The lowest BCUT2D eigenvalue weighted by molar-refractivity contribution is -0.384. The van der Waals surface area contributed by atoms with E-state index in [2.05, 4.69) is 31.8 Å². The van der Waals surface area contributed by atoms with E-state index in [9.17, 15) is 19.7 Å². The van der Waals surface area contributed by atoms with Crippen LogP contribution >= 0.6 is 39.1 Å². The van der Waals surface area contributed by atoms with Gasteiger partial charge in [-0.15, -0.1) is 0 Å². The summed E-state index contributed by atoms with van der Waals surface area (Å²) in [6, 6.07) is 15.0. The minimum Gasteiger partial charge on any atom is -0.483 e. The van der Waals surface area contributed by atoms with Crippen LogP contribution in [0.1, 0.15) is 15.9 Å². The van der Waals surface area contributed by atoms with Crippen LogP contribution in [0.5, 0.6) is 5.75 Å². The molecule has 0 unspecified atom stereocenters. The fourth-order valence-electron chi connectivity index (χ4n) is 2.62. The molecule has 174 valence electrons. The number of amides is 2. The molecule has 34 heavy (non-hydrogen) atoms. The van der Waals surface area contributed by atoms with Crippen molar-refractivity contribution in [1.82, 2.24) is 5.43 Å².